The third-order valence-corrected chi connectivity index (χ3v) is 2.64. The number of aromatic nitrogens is 2. The van der Waals surface area contributed by atoms with E-state index < -0.39 is 0 Å². The van der Waals surface area contributed by atoms with Gasteiger partial charge < -0.3 is 14.6 Å². The molecule has 1 aliphatic rings. The Labute approximate surface area is 87.5 Å². The summed E-state index contributed by atoms with van der Waals surface area (Å²) in [5.74, 6) is 1.80. The van der Waals surface area contributed by atoms with Crippen LogP contribution in [0.5, 0.6) is 5.75 Å². The molecular weight excluding hydrogens is 190 g/mol. The van der Waals surface area contributed by atoms with Crippen molar-refractivity contribution in [3.63, 3.8) is 0 Å². The number of rotatable bonds is 1. The van der Waals surface area contributed by atoms with Gasteiger partial charge in [0.15, 0.2) is 0 Å². The van der Waals surface area contributed by atoms with Gasteiger partial charge in [0.25, 0.3) is 0 Å². The average Bonchev–Trinajstić information content (AvgIpc) is 2.72. The van der Waals surface area contributed by atoms with Crippen molar-refractivity contribution in [2.45, 2.75) is 6.54 Å². The molecule has 1 aromatic carbocycles. The Bertz CT molecular complexity index is 504. The van der Waals surface area contributed by atoms with E-state index in [9.17, 15) is 0 Å². The fourth-order valence-electron chi connectivity index (χ4n) is 1.89. The zero-order valence-corrected chi connectivity index (χ0v) is 8.40. The van der Waals surface area contributed by atoms with Gasteiger partial charge in [-0.1, -0.05) is 6.07 Å². The number of hydrogen-bond acceptors (Lipinski definition) is 3. The molecule has 15 heavy (non-hydrogen) atoms. The third kappa shape index (κ3) is 1.18. The number of benzene rings is 1. The van der Waals surface area contributed by atoms with E-state index in [1.807, 2.05) is 24.4 Å². The Hall–Kier alpha value is -1.97. The van der Waals surface area contributed by atoms with Gasteiger partial charge in [0, 0.05) is 23.6 Å². The van der Waals surface area contributed by atoms with Crippen molar-refractivity contribution in [3.8, 4) is 5.75 Å². The van der Waals surface area contributed by atoms with Crippen molar-refractivity contribution < 1.29 is 4.74 Å². The monoisotopic (exact) mass is 201 g/mol. The summed E-state index contributed by atoms with van der Waals surface area (Å²) in [6.45, 7) is 0.807. The van der Waals surface area contributed by atoms with Crippen LogP contribution in [0.1, 0.15) is 5.56 Å². The lowest BCUT2D eigenvalue weighted by Crippen LogP contribution is -2.13. The third-order valence-electron chi connectivity index (χ3n) is 2.64. The molecule has 0 fully saturated rings. The van der Waals surface area contributed by atoms with Gasteiger partial charge in [0.1, 0.15) is 5.75 Å². The Kier molecular flexibility index (Phi) is 1.68. The van der Waals surface area contributed by atoms with Crippen LogP contribution in [0, 0.1) is 0 Å². The first-order valence-electron chi connectivity index (χ1n) is 4.82. The summed E-state index contributed by atoms with van der Waals surface area (Å²) < 4.78 is 7.39. The minimum atomic E-state index is 0.807. The summed E-state index contributed by atoms with van der Waals surface area (Å²) in [5, 5.41) is 3.27. The molecule has 76 valence electrons. The van der Waals surface area contributed by atoms with E-state index in [0.717, 1.165) is 23.9 Å². The van der Waals surface area contributed by atoms with Gasteiger partial charge in [-0.2, -0.15) is 0 Å². The van der Waals surface area contributed by atoms with Crippen LogP contribution in [0.2, 0.25) is 0 Å². The van der Waals surface area contributed by atoms with Gasteiger partial charge in [-0.3, -0.25) is 0 Å². The molecule has 2 heterocycles. The van der Waals surface area contributed by atoms with Gasteiger partial charge in [0.05, 0.1) is 13.7 Å². The fourth-order valence-corrected chi connectivity index (χ4v) is 1.89. The second kappa shape index (κ2) is 3.02. The highest BCUT2D eigenvalue weighted by Crippen LogP contribution is 2.33. The highest BCUT2D eigenvalue weighted by molar-refractivity contribution is 5.65. The number of nitrogens with zero attached hydrogens (tertiary/aromatic N) is 2. The molecule has 0 bridgehead atoms. The van der Waals surface area contributed by atoms with Crippen LogP contribution in [0.25, 0.3) is 0 Å². The number of fused-ring (bicyclic) bond motifs is 2. The van der Waals surface area contributed by atoms with Crippen LogP contribution < -0.4 is 10.1 Å². The molecule has 0 unspecified atom stereocenters. The summed E-state index contributed by atoms with van der Waals surface area (Å²) in [7, 11) is 1.69. The normalized spacial score (nSPS) is 12.6. The Morgan fingerprint density at radius 1 is 1.47 bits per heavy atom. The summed E-state index contributed by atoms with van der Waals surface area (Å²) in [4.78, 5) is 4.22. The van der Waals surface area contributed by atoms with E-state index in [1.165, 1.54) is 5.56 Å². The molecule has 0 saturated carbocycles. The zero-order valence-electron chi connectivity index (χ0n) is 8.40. The standard InChI is InChI=1S/C11H11N3O/c1-15-10-4-2-3-9-8(10)7-14-6-5-12-11(14)13-9/h2-6H,7H2,1H3,(H,12,13). The first kappa shape index (κ1) is 8.35. The molecular formula is C11H11N3O. The maximum Gasteiger partial charge on any atom is 0.207 e. The summed E-state index contributed by atoms with van der Waals surface area (Å²) in [5.41, 5.74) is 2.25. The van der Waals surface area contributed by atoms with Crippen molar-refractivity contribution in [2.75, 3.05) is 12.4 Å². The van der Waals surface area contributed by atoms with Crippen LogP contribution in [0.3, 0.4) is 0 Å². The molecule has 3 rings (SSSR count). The number of anilines is 2. The van der Waals surface area contributed by atoms with E-state index >= 15 is 0 Å². The topological polar surface area (TPSA) is 39.1 Å². The molecule has 0 atom stereocenters. The van der Waals surface area contributed by atoms with E-state index in [0.29, 0.717) is 0 Å². The Morgan fingerprint density at radius 2 is 2.40 bits per heavy atom. The quantitative estimate of drug-likeness (QED) is 0.654. The van der Waals surface area contributed by atoms with Gasteiger partial charge in [-0.25, -0.2) is 4.98 Å². The highest BCUT2D eigenvalue weighted by atomic mass is 16.5. The maximum atomic E-state index is 5.33. The van der Waals surface area contributed by atoms with Crippen molar-refractivity contribution in [3.05, 3.63) is 36.2 Å². The first-order valence-corrected chi connectivity index (χ1v) is 4.82. The number of hydrogen-bond donors (Lipinski definition) is 1. The van der Waals surface area contributed by atoms with Crippen molar-refractivity contribution in [1.29, 1.82) is 0 Å². The molecule has 0 radical (unpaired) electrons. The largest absolute Gasteiger partial charge is 0.496 e. The molecule has 4 nitrogen and oxygen atoms in total. The van der Waals surface area contributed by atoms with E-state index in [4.69, 9.17) is 4.74 Å². The van der Waals surface area contributed by atoms with Crippen molar-refractivity contribution >= 4 is 11.6 Å². The molecule has 0 saturated heterocycles. The van der Waals surface area contributed by atoms with Crippen LogP contribution in [-0.4, -0.2) is 16.7 Å². The Balaban J connectivity index is 2.13. The van der Waals surface area contributed by atoms with Gasteiger partial charge in [-0.15, -0.1) is 0 Å². The van der Waals surface area contributed by atoms with Gasteiger partial charge in [0.2, 0.25) is 5.95 Å². The molecule has 2 aromatic rings. The maximum absolute atomic E-state index is 5.33. The zero-order chi connectivity index (χ0) is 10.3. The first-order chi connectivity index (χ1) is 7.38. The second-order valence-corrected chi connectivity index (χ2v) is 3.49. The molecule has 0 amide bonds. The minimum Gasteiger partial charge on any atom is -0.496 e. The second-order valence-electron chi connectivity index (χ2n) is 3.49. The van der Waals surface area contributed by atoms with E-state index in [2.05, 4.69) is 14.9 Å². The molecule has 1 N–H and O–H groups in total. The summed E-state index contributed by atoms with van der Waals surface area (Å²) in [6.07, 6.45) is 3.75. The lowest BCUT2D eigenvalue weighted by Gasteiger charge is -2.21. The SMILES string of the molecule is COc1cccc2c1Cn1ccnc1N2. The lowest BCUT2D eigenvalue weighted by atomic mass is 10.1. The van der Waals surface area contributed by atoms with E-state index in [1.54, 1.807) is 13.3 Å². The number of imidazole rings is 1. The fraction of sp³-hybridized carbons (Fsp3) is 0.182. The number of nitrogens with one attached hydrogen (secondary N) is 1. The average molecular weight is 201 g/mol. The van der Waals surface area contributed by atoms with Crippen molar-refractivity contribution in [1.82, 2.24) is 9.55 Å². The number of ether oxygens (including phenoxy) is 1. The van der Waals surface area contributed by atoms with Crippen LogP contribution in [-0.2, 0) is 6.54 Å². The van der Waals surface area contributed by atoms with Gasteiger partial charge >= 0.3 is 0 Å². The smallest absolute Gasteiger partial charge is 0.207 e. The molecule has 1 aromatic heterocycles. The van der Waals surface area contributed by atoms with Crippen molar-refractivity contribution in [2.24, 2.45) is 0 Å². The van der Waals surface area contributed by atoms with Crippen LogP contribution >= 0.6 is 0 Å². The van der Waals surface area contributed by atoms with E-state index in [-0.39, 0.29) is 0 Å². The predicted molar refractivity (Wildman–Crippen MR) is 57.6 cm³/mol. The summed E-state index contributed by atoms with van der Waals surface area (Å²) >= 11 is 0. The molecule has 0 spiro atoms. The summed E-state index contributed by atoms with van der Waals surface area (Å²) in [6, 6.07) is 5.99. The predicted octanol–water partition coefficient (Wildman–Crippen LogP) is 2.00. The molecule has 0 aliphatic carbocycles. The molecule has 1 aliphatic heterocycles. The van der Waals surface area contributed by atoms with Crippen LogP contribution in [0.15, 0.2) is 30.6 Å². The van der Waals surface area contributed by atoms with Gasteiger partial charge in [-0.05, 0) is 12.1 Å². The number of methoxy groups -OCH3 is 1. The highest BCUT2D eigenvalue weighted by Gasteiger charge is 2.17. The minimum absolute atomic E-state index is 0.807. The lowest BCUT2D eigenvalue weighted by molar-refractivity contribution is 0.408. The Morgan fingerprint density at radius 3 is 3.27 bits per heavy atom. The molecule has 4 heteroatoms. The van der Waals surface area contributed by atoms with Crippen LogP contribution in [0.4, 0.5) is 11.6 Å².